The topological polar surface area (TPSA) is 74.3 Å². The molecule has 0 bridgehead atoms. The number of imide groups is 1. The number of amides is 3. The molecular weight excluding hydrogens is 408 g/mol. The number of carbonyl (C=O) groups is 2. The van der Waals surface area contributed by atoms with E-state index in [0.29, 0.717) is 5.84 Å². The Morgan fingerprint density at radius 3 is 2.69 bits per heavy atom. The largest absolute Gasteiger partial charge is 0.401 e. The van der Waals surface area contributed by atoms with Gasteiger partial charge in [0.2, 0.25) is 11.9 Å². The van der Waals surface area contributed by atoms with Gasteiger partial charge < -0.3 is 4.74 Å². The number of aryl methyl sites for hydroxylation is 2. The van der Waals surface area contributed by atoms with Crippen molar-refractivity contribution in [2.45, 2.75) is 33.0 Å². The third kappa shape index (κ3) is 3.51. The maximum absolute atomic E-state index is 13.5. The van der Waals surface area contributed by atoms with Gasteiger partial charge in [-0.1, -0.05) is 34.8 Å². The van der Waals surface area contributed by atoms with Gasteiger partial charge in [-0.3, -0.25) is 19.5 Å². The first-order valence-corrected chi connectivity index (χ1v) is 11.1. The summed E-state index contributed by atoms with van der Waals surface area (Å²) in [6.45, 7) is 9.33. The molecule has 3 aliphatic heterocycles. The highest BCUT2D eigenvalue weighted by atomic mass is 16.5. The molecule has 3 aliphatic rings. The summed E-state index contributed by atoms with van der Waals surface area (Å²) < 4.78 is 9.49. The predicted molar refractivity (Wildman–Crippen MR) is 118 cm³/mol. The molecule has 0 saturated carbocycles. The van der Waals surface area contributed by atoms with Crippen LogP contribution in [0.15, 0.2) is 35.5 Å². The van der Waals surface area contributed by atoms with Crippen LogP contribution in [0.2, 0.25) is 0 Å². The molecule has 0 aliphatic carbocycles. The van der Waals surface area contributed by atoms with E-state index in [1.807, 2.05) is 48.9 Å². The van der Waals surface area contributed by atoms with Gasteiger partial charge in [0.25, 0.3) is 5.91 Å². The number of hydrogen-bond donors (Lipinski definition) is 0. The van der Waals surface area contributed by atoms with Crippen LogP contribution in [0.5, 0.6) is 0 Å². The third-order valence-electron chi connectivity index (χ3n) is 6.49. The zero-order valence-corrected chi connectivity index (χ0v) is 18.8. The number of nitrogens with zero attached hydrogens (tertiary/aromatic N) is 6. The number of rotatable bonds is 5. The molecule has 3 amide bonds. The SMILES string of the molecule is Cc1cccc(CN2C(=O)C3C(=Nc4n(CCN5CCOCC5)c(C)c[n+]43)N(C)C2=O)c1. The summed E-state index contributed by atoms with van der Waals surface area (Å²) in [5.74, 6) is 0.985. The quantitative estimate of drug-likeness (QED) is 0.663. The molecule has 4 heterocycles. The molecule has 0 radical (unpaired) electrons. The smallest absolute Gasteiger partial charge is 0.379 e. The molecule has 0 N–H and O–H groups in total. The van der Waals surface area contributed by atoms with E-state index in [-0.39, 0.29) is 18.5 Å². The zero-order chi connectivity index (χ0) is 22.4. The van der Waals surface area contributed by atoms with Crippen molar-refractivity contribution in [3.8, 4) is 0 Å². The Hall–Kier alpha value is -3.04. The lowest BCUT2D eigenvalue weighted by Crippen LogP contribution is -2.62. The summed E-state index contributed by atoms with van der Waals surface area (Å²) in [5, 5.41) is 0. The number of fused-ring (bicyclic) bond motifs is 3. The second-order valence-corrected chi connectivity index (χ2v) is 8.71. The Morgan fingerprint density at radius 2 is 1.94 bits per heavy atom. The van der Waals surface area contributed by atoms with E-state index in [1.165, 1.54) is 9.80 Å². The number of urea groups is 1. The second kappa shape index (κ2) is 8.14. The van der Waals surface area contributed by atoms with Crippen molar-refractivity contribution in [2.24, 2.45) is 4.99 Å². The predicted octanol–water partition coefficient (Wildman–Crippen LogP) is 1.40. The molecule has 1 aromatic carbocycles. The Balaban J connectivity index is 1.41. The van der Waals surface area contributed by atoms with E-state index in [2.05, 4.69) is 9.47 Å². The number of aliphatic imine (C=N–C) groups is 1. The van der Waals surface area contributed by atoms with Gasteiger partial charge in [-0.2, -0.15) is 0 Å². The van der Waals surface area contributed by atoms with E-state index in [9.17, 15) is 9.59 Å². The summed E-state index contributed by atoms with van der Waals surface area (Å²) in [5.41, 5.74) is 3.08. The Kier molecular flexibility index (Phi) is 5.30. The first-order valence-electron chi connectivity index (χ1n) is 11.1. The van der Waals surface area contributed by atoms with Crippen molar-refractivity contribution in [1.29, 1.82) is 0 Å². The van der Waals surface area contributed by atoms with Gasteiger partial charge in [0.15, 0.2) is 0 Å². The first-order chi connectivity index (χ1) is 15.4. The van der Waals surface area contributed by atoms with Crippen LogP contribution in [-0.4, -0.2) is 76.9 Å². The fourth-order valence-corrected chi connectivity index (χ4v) is 4.71. The maximum Gasteiger partial charge on any atom is 0.401 e. The average molecular weight is 438 g/mol. The van der Waals surface area contributed by atoms with Crippen molar-refractivity contribution < 1.29 is 18.9 Å². The van der Waals surface area contributed by atoms with E-state index in [1.54, 1.807) is 7.05 Å². The van der Waals surface area contributed by atoms with E-state index in [0.717, 1.165) is 62.2 Å². The van der Waals surface area contributed by atoms with Crippen LogP contribution in [0.3, 0.4) is 0 Å². The van der Waals surface area contributed by atoms with E-state index >= 15 is 0 Å². The molecule has 2 aromatic rings. The summed E-state index contributed by atoms with van der Waals surface area (Å²) in [7, 11) is 1.70. The Labute approximate surface area is 187 Å². The van der Waals surface area contributed by atoms with Crippen LogP contribution in [-0.2, 0) is 22.6 Å². The summed E-state index contributed by atoms with van der Waals surface area (Å²) in [6, 6.07) is 6.94. The van der Waals surface area contributed by atoms with Gasteiger partial charge in [0, 0.05) is 26.7 Å². The molecular formula is C23H29N6O3+. The highest BCUT2D eigenvalue weighted by molar-refractivity contribution is 6.19. The lowest BCUT2D eigenvalue weighted by atomic mass is 10.1. The van der Waals surface area contributed by atoms with E-state index < -0.39 is 6.04 Å². The van der Waals surface area contributed by atoms with Gasteiger partial charge in [-0.15, -0.1) is 0 Å². The molecule has 1 atom stereocenters. The molecule has 168 valence electrons. The lowest BCUT2D eigenvalue weighted by molar-refractivity contribution is -0.677. The number of morpholine rings is 1. The van der Waals surface area contributed by atoms with Gasteiger partial charge in [0.05, 0.1) is 26.3 Å². The van der Waals surface area contributed by atoms with Crippen LogP contribution in [0.4, 0.5) is 10.7 Å². The fourth-order valence-electron chi connectivity index (χ4n) is 4.71. The summed E-state index contributed by atoms with van der Waals surface area (Å²) in [6.07, 6.45) is 1.97. The standard InChI is InChI=1S/C23H29N6O3/c1-16-5-4-6-18(13-16)15-29-21(30)19-20(25(3)23(29)31)24-22-27(17(2)14-28(19)22)8-7-26-9-11-32-12-10-26/h4-6,13-14,19H,7-12,15H2,1-3H3/q+1. The highest BCUT2D eigenvalue weighted by Gasteiger charge is 2.53. The number of likely N-dealkylation sites (N-methyl/N-ethyl adjacent to an activating group) is 1. The van der Waals surface area contributed by atoms with Crippen LogP contribution < -0.4 is 4.57 Å². The zero-order valence-electron chi connectivity index (χ0n) is 18.8. The maximum atomic E-state index is 13.5. The van der Waals surface area contributed by atoms with Crippen LogP contribution >= 0.6 is 0 Å². The minimum absolute atomic E-state index is 0.234. The highest BCUT2D eigenvalue weighted by Crippen LogP contribution is 2.30. The molecule has 1 aromatic heterocycles. The minimum Gasteiger partial charge on any atom is -0.379 e. The molecule has 0 spiro atoms. The van der Waals surface area contributed by atoms with Gasteiger partial charge >= 0.3 is 12.0 Å². The summed E-state index contributed by atoms with van der Waals surface area (Å²) in [4.78, 5) is 36.5. The number of amidine groups is 1. The van der Waals surface area contributed by atoms with Gasteiger partial charge in [-0.05, 0) is 19.4 Å². The molecule has 9 nitrogen and oxygen atoms in total. The monoisotopic (exact) mass is 437 g/mol. The number of benzene rings is 1. The van der Waals surface area contributed by atoms with Crippen LogP contribution in [0.25, 0.3) is 0 Å². The third-order valence-corrected chi connectivity index (χ3v) is 6.49. The molecule has 5 rings (SSSR count). The number of ether oxygens (including phenoxy) is 1. The van der Waals surface area contributed by atoms with Crippen molar-refractivity contribution in [3.05, 3.63) is 47.3 Å². The Bertz CT molecular complexity index is 1100. The number of aromatic nitrogens is 2. The van der Waals surface area contributed by atoms with Crippen molar-refractivity contribution in [1.82, 2.24) is 19.3 Å². The molecule has 1 unspecified atom stereocenters. The molecule has 2 saturated heterocycles. The van der Waals surface area contributed by atoms with Gasteiger partial charge in [-0.25, -0.2) is 13.9 Å². The van der Waals surface area contributed by atoms with E-state index in [4.69, 9.17) is 9.73 Å². The Morgan fingerprint density at radius 1 is 1.16 bits per heavy atom. The van der Waals surface area contributed by atoms with Crippen LogP contribution in [0, 0.1) is 13.8 Å². The van der Waals surface area contributed by atoms with Gasteiger partial charge in [0.1, 0.15) is 11.9 Å². The first kappa shape index (κ1) is 20.8. The van der Waals surface area contributed by atoms with Crippen molar-refractivity contribution >= 4 is 23.7 Å². The summed E-state index contributed by atoms with van der Waals surface area (Å²) >= 11 is 0. The molecule has 9 heteroatoms. The second-order valence-electron chi connectivity index (χ2n) is 8.71. The molecule has 32 heavy (non-hydrogen) atoms. The number of imidazole rings is 1. The molecule has 2 fully saturated rings. The van der Waals surface area contributed by atoms with Crippen molar-refractivity contribution in [3.63, 3.8) is 0 Å². The fraction of sp³-hybridized carbons (Fsp3) is 0.478. The van der Waals surface area contributed by atoms with Crippen molar-refractivity contribution in [2.75, 3.05) is 39.9 Å². The lowest BCUT2D eigenvalue weighted by Gasteiger charge is -2.33. The normalized spacial score (nSPS) is 21.1. The number of hydrogen-bond acceptors (Lipinski definition) is 5. The minimum atomic E-state index is -0.610. The number of carbonyl (C=O) groups excluding carboxylic acids is 2. The van der Waals surface area contributed by atoms with Crippen LogP contribution in [0.1, 0.15) is 22.9 Å². The average Bonchev–Trinajstić information content (AvgIpc) is 3.29.